The molecule has 3 N–H and O–H groups in total. The molecule has 1 heterocycles. The molecule has 1 aliphatic heterocycles. The number of aromatic carboxylic acids is 1. The molecule has 0 radical (unpaired) electrons. The summed E-state index contributed by atoms with van der Waals surface area (Å²) in [5.74, 6) is -1.11. The number of hydrogen-bond acceptors (Lipinski definition) is 3. The Morgan fingerprint density at radius 3 is 2.48 bits per heavy atom. The first-order valence-corrected chi connectivity index (χ1v) is 6.97. The van der Waals surface area contributed by atoms with Gasteiger partial charge in [-0.1, -0.05) is 11.6 Å². The smallest absolute Gasteiger partial charge is 0.335 e. The minimum absolute atomic E-state index is 0.0133. The fourth-order valence-electron chi connectivity index (χ4n) is 2.18. The van der Waals surface area contributed by atoms with E-state index in [1.165, 1.54) is 18.2 Å². The Bertz CT molecular complexity index is 564. The second-order valence-corrected chi connectivity index (χ2v) is 5.88. The van der Waals surface area contributed by atoms with Crippen molar-refractivity contribution in [3.05, 3.63) is 28.8 Å². The van der Waals surface area contributed by atoms with Gasteiger partial charge < -0.3 is 20.4 Å². The van der Waals surface area contributed by atoms with Crippen LogP contribution in [0.4, 0.5) is 10.5 Å². The van der Waals surface area contributed by atoms with E-state index in [4.69, 9.17) is 16.7 Å². The van der Waals surface area contributed by atoms with Crippen LogP contribution in [0.2, 0.25) is 5.02 Å². The van der Waals surface area contributed by atoms with Gasteiger partial charge in [-0.2, -0.15) is 0 Å². The van der Waals surface area contributed by atoms with E-state index in [-0.39, 0.29) is 16.6 Å². The maximum absolute atomic E-state index is 12.1. The Morgan fingerprint density at radius 2 is 1.90 bits per heavy atom. The molecular formula is C14H17ClN2O4. The predicted molar refractivity (Wildman–Crippen MR) is 78.9 cm³/mol. The third kappa shape index (κ3) is 4.09. The summed E-state index contributed by atoms with van der Waals surface area (Å²) in [4.78, 5) is 24.7. The number of aliphatic hydroxyl groups is 1. The molecule has 2 amide bonds. The third-order valence-corrected chi connectivity index (χ3v) is 3.74. The number of amides is 2. The molecule has 7 heteroatoms. The first-order valence-electron chi connectivity index (χ1n) is 6.59. The normalized spacial score (nSPS) is 17.4. The van der Waals surface area contributed by atoms with Gasteiger partial charge in [0.05, 0.1) is 11.2 Å². The average Bonchev–Trinajstić information content (AvgIpc) is 2.37. The van der Waals surface area contributed by atoms with Crippen molar-refractivity contribution in [2.45, 2.75) is 25.4 Å². The molecule has 0 atom stereocenters. The molecule has 6 nitrogen and oxygen atoms in total. The van der Waals surface area contributed by atoms with Gasteiger partial charge in [-0.05, 0) is 38.0 Å². The summed E-state index contributed by atoms with van der Waals surface area (Å²) in [5, 5.41) is 21.7. The molecule has 0 aromatic heterocycles. The number of nitrogens with one attached hydrogen (secondary N) is 1. The van der Waals surface area contributed by atoms with Crippen LogP contribution in [-0.4, -0.2) is 45.8 Å². The van der Waals surface area contributed by atoms with E-state index in [2.05, 4.69) is 5.32 Å². The lowest BCUT2D eigenvalue weighted by atomic mass is 9.94. The Labute approximate surface area is 127 Å². The second-order valence-electron chi connectivity index (χ2n) is 5.45. The minimum Gasteiger partial charge on any atom is -0.478 e. The van der Waals surface area contributed by atoms with Crippen LogP contribution >= 0.6 is 11.6 Å². The van der Waals surface area contributed by atoms with Crippen molar-refractivity contribution in [1.82, 2.24) is 4.90 Å². The van der Waals surface area contributed by atoms with Crippen LogP contribution in [-0.2, 0) is 0 Å². The van der Waals surface area contributed by atoms with E-state index >= 15 is 0 Å². The molecule has 114 valence electrons. The monoisotopic (exact) mass is 312 g/mol. The fraction of sp³-hybridized carbons (Fsp3) is 0.429. The summed E-state index contributed by atoms with van der Waals surface area (Å²) in [5.41, 5.74) is -0.384. The predicted octanol–water partition coefficient (Wildman–Crippen LogP) is 2.42. The number of likely N-dealkylation sites (tertiary alicyclic amines) is 1. The standard InChI is InChI=1S/C14H17ClN2O4/c1-14(21)2-4-17(5-3-14)13(20)16-11-7-9(12(18)19)6-10(15)8-11/h6-8,21H,2-5H2,1H3,(H,16,20)(H,18,19). The molecule has 21 heavy (non-hydrogen) atoms. The number of piperidine rings is 1. The number of rotatable bonds is 2. The van der Waals surface area contributed by atoms with Crippen molar-refractivity contribution in [3.8, 4) is 0 Å². The topological polar surface area (TPSA) is 89.9 Å². The Morgan fingerprint density at radius 1 is 1.29 bits per heavy atom. The first kappa shape index (κ1) is 15.6. The summed E-state index contributed by atoms with van der Waals surface area (Å²) >= 11 is 5.84. The largest absolute Gasteiger partial charge is 0.478 e. The number of carbonyl (C=O) groups is 2. The van der Waals surface area contributed by atoms with E-state index in [9.17, 15) is 14.7 Å². The van der Waals surface area contributed by atoms with Crippen LogP contribution in [0.1, 0.15) is 30.1 Å². The van der Waals surface area contributed by atoms with Gasteiger partial charge in [-0.15, -0.1) is 0 Å². The van der Waals surface area contributed by atoms with Crippen molar-refractivity contribution in [2.75, 3.05) is 18.4 Å². The number of carbonyl (C=O) groups excluding carboxylic acids is 1. The molecule has 1 fully saturated rings. The number of anilines is 1. The molecule has 1 aliphatic rings. The van der Waals surface area contributed by atoms with Crippen LogP contribution in [0.15, 0.2) is 18.2 Å². The molecule has 0 spiro atoms. The molecule has 0 bridgehead atoms. The number of urea groups is 1. The van der Waals surface area contributed by atoms with Crippen LogP contribution in [0.5, 0.6) is 0 Å². The molecule has 1 saturated heterocycles. The first-order chi connectivity index (χ1) is 9.77. The number of halogens is 1. The molecule has 0 unspecified atom stereocenters. The van der Waals surface area contributed by atoms with Crippen molar-refractivity contribution >= 4 is 29.3 Å². The highest BCUT2D eigenvalue weighted by Crippen LogP contribution is 2.23. The van der Waals surface area contributed by atoms with Crippen molar-refractivity contribution < 1.29 is 19.8 Å². The summed E-state index contributed by atoms with van der Waals surface area (Å²) in [6, 6.07) is 3.83. The number of hydrogen-bond donors (Lipinski definition) is 3. The van der Waals surface area contributed by atoms with E-state index in [1.807, 2.05) is 0 Å². The molecule has 0 saturated carbocycles. The van der Waals surface area contributed by atoms with Gasteiger partial charge >= 0.3 is 12.0 Å². The average molecular weight is 313 g/mol. The quantitative estimate of drug-likeness (QED) is 0.782. The maximum Gasteiger partial charge on any atom is 0.335 e. The molecule has 0 aliphatic carbocycles. The highest BCUT2D eigenvalue weighted by molar-refractivity contribution is 6.31. The highest BCUT2D eigenvalue weighted by Gasteiger charge is 2.29. The zero-order valence-corrected chi connectivity index (χ0v) is 12.4. The fourth-order valence-corrected chi connectivity index (χ4v) is 2.41. The van der Waals surface area contributed by atoms with Gasteiger partial charge in [-0.25, -0.2) is 9.59 Å². The lowest BCUT2D eigenvalue weighted by Gasteiger charge is -2.35. The lowest BCUT2D eigenvalue weighted by Crippen LogP contribution is -2.46. The van der Waals surface area contributed by atoms with Crippen LogP contribution in [0.25, 0.3) is 0 Å². The number of carboxylic acids is 1. The Hall–Kier alpha value is -1.79. The van der Waals surface area contributed by atoms with E-state index in [0.717, 1.165) is 0 Å². The molecule has 2 rings (SSSR count). The Kier molecular flexibility index (Phi) is 4.39. The third-order valence-electron chi connectivity index (χ3n) is 3.52. The molecule has 1 aromatic rings. The maximum atomic E-state index is 12.1. The second kappa shape index (κ2) is 5.91. The zero-order chi connectivity index (χ0) is 15.6. The van der Waals surface area contributed by atoms with Crippen LogP contribution in [0, 0.1) is 0 Å². The minimum atomic E-state index is -1.11. The van der Waals surface area contributed by atoms with Gasteiger partial charge in [-0.3, -0.25) is 0 Å². The summed E-state index contributed by atoms with van der Waals surface area (Å²) in [6.45, 7) is 2.65. The van der Waals surface area contributed by atoms with Crippen LogP contribution in [0.3, 0.4) is 0 Å². The summed E-state index contributed by atoms with van der Waals surface area (Å²) in [6.07, 6.45) is 1.02. The SMILES string of the molecule is CC1(O)CCN(C(=O)Nc2cc(Cl)cc(C(=O)O)c2)CC1. The van der Waals surface area contributed by atoms with Gasteiger partial charge in [0.15, 0.2) is 0 Å². The van der Waals surface area contributed by atoms with Crippen LogP contribution < -0.4 is 5.32 Å². The van der Waals surface area contributed by atoms with Crippen molar-refractivity contribution in [2.24, 2.45) is 0 Å². The van der Waals surface area contributed by atoms with Crippen molar-refractivity contribution in [1.29, 1.82) is 0 Å². The lowest BCUT2D eigenvalue weighted by molar-refractivity contribution is 0.00569. The van der Waals surface area contributed by atoms with E-state index in [0.29, 0.717) is 31.6 Å². The number of benzene rings is 1. The molecular weight excluding hydrogens is 296 g/mol. The van der Waals surface area contributed by atoms with Gasteiger partial charge in [0, 0.05) is 23.8 Å². The van der Waals surface area contributed by atoms with Gasteiger partial charge in [0.1, 0.15) is 0 Å². The van der Waals surface area contributed by atoms with E-state index < -0.39 is 11.6 Å². The van der Waals surface area contributed by atoms with Crippen molar-refractivity contribution in [3.63, 3.8) is 0 Å². The molecule has 1 aromatic carbocycles. The highest BCUT2D eigenvalue weighted by atomic mass is 35.5. The Balaban J connectivity index is 2.05. The van der Waals surface area contributed by atoms with E-state index in [1.54, 1.807) is 11.8 Å². The van der Waals surface area contributed by atoms with Gasteiger partial charge in [0.25, 0.3) is 0 Å². The summed E-state index contributed by atoms with van der Waals surface area (Å²) in [7, 11) is 0. The number of carboxylic acid groups (broad SMARTS) is 1. The van der Waals surface area contributed by atoms with Gasteiger partial charge in [0.2, 0.25) is 0 Å². The summed E-state index contributed by atoms with van der Waals surface area (Å²) < 4.78 is 0. The number of nitrogens with zero attached hydrogens (tertiary/aromatic N) is 1. The zero-order valence-electron chi connectivity index (χ0n) is 11.6.